The van der Waals surface area contributed by atoms with Crippen LogP contribution in [0.4, 0.5) is 8.78 Å². The zero-order valence-corrected chi connectivity index (χ0v) is 11.1. The van der Waals surface area contributed by atoms with Crippen LogP contribution in [-0.2, 0) is 0 Å². The first-order chi connectivity index (χ1) is 9.11. The Bertz CT molecular complexity index is 549. The van der Waals surface area contributed by atoms with Gasteiger partial charge in [-0.2, -0.15) is 0 Å². The summed E-state index contributed by atoms with van der Waals surface area (Å²) in [6.07, 6.45) is 0. The highest BCUT2D eigenvalue weighted by Crippen LogP contribution is 2.23. The topological polar surface area (TPSA) is 12.0 Å². The van der Waals surface area contributed by atoms with E-state index >= 15 is 0 Å². The molecule has 3 heteroatoms. The number of nitrogens with one attached hydrogen (secondary N) is 1. The van der Waals surface area contributed by atoms with E-state index in [0.717, 1.165) is 17.7 Å². The van der Waals surface area contributed by atoms with Gasteiger partial charge in [0.15, 0.2) is 11.6 Å². The Morgan fingerprint density at radius 1 is 0.947 bits per heavy atom. The molecule has 1 atom stereocenters. The van der Waals surface area contributed by atoms with E-state index in [4.69, 9.17) is 0 Å². The lowest BCUT2D eigenvalue weighted by Crippen LogP contribution is -2.22. The number of aryl methyl sites for hydroxylation is 1. The van der Waals surface area contributed by atoms with Gasteiger partial charge in [0.1, 0.15) is 0 Å². The molecule has 1 nitrogen and oxygen atoms in total. The second-order valence-electron chi connectivity index (χ2n) is 4.57. The van der Waals surface area contributed by atoms with Crippen LogP contribution < -0.4 is 5.32 Å². The van der Waals surface area contributed by atoms with Crippen molar-refractivity contribution in [2.75, 3.05) is 6.54 Å². The quantitative estimate of drug-likeness (QED) is 0.878. The lowest BCUT2D eigenvalue weighted by molar-refractivity contribution is 0.504. The normalized spacial score (nSPS) is 12.4. The van der Waals surface area contributed by atoms with Crippen molar-refractivity contribution in [3.63, 3.8) is 0 Å². The molecule has 0 amide bonds. The van der Waals surface area contributed by atoms with Gasteiger partial charge in [0.05, 0.1) is 6.04 Å². The molecule has 2 aromatic rings. The summed E-state index contributed by atoms with van der Waals surface area (Å²) >= 11 is 0. The molecule has 2 aromatic carbocycles. The minimum absolute atomic E-state index is 0.124. The lowest BCUT2D eigenvalue weighted by Gasteiger charge is -2.19. The van der Waals surface area contributed by atoms with Crippen LogP contribution in [0.25, 0.3) is 0 Å². The van der Waals surface area contributed by atoms with Crippen LogP contribution in [0.2, 0.25) is 0 Å². The molecule has 1 unspecified atom stereocenters. The Hall–Kier alpha value is -1.74. The molecule has 0 radical (unpaired) electrons. The monoisotopic (exact) mass is 261 g/mol. The Morgan fingerprint density at radius 3 is 2.16 bits per heavy atom. The van der Waals surface area contributed by atoms with Gasteiger partial charge in [-0.3, -0.25) is 0 Å². The molecule has 0 fully saturated rings. The summed E-state index contributed by atoms with van der Waals surface area (Å²) in [4.78, 5) is 0. The minimum Gasteiger partial charge on any atom is -0.307 e. The second kappa shape index (κ2) is 5.93. The number of hydrogen-bond acceptors (Lipinski definition) is 1. The van der Waals surface area contributed by atoms with Crippen molar-refractivity contribution in [2.24, 2.45) is 0 Å². The van der Waals surface area contributed by atoms with Crippen molar-refractivity contribution in [3.8, 4) is 0 Å². The van der Waals surface area contributed by atoms with Crippen LogP contribution in [0.1, 0.15) is 29.7 Å². The molecule has 0 aliphatic rings. The van der Waals surface area contributed by atoms with Crippen molar-refractivity contribution in [1.29, 1.82) is 0 Å². The van der Waals surface area contributed by atoms with Crippen molar-refractivity contribution < 1.29 is 8.78 Å². The minimum atomic E-state index is -0.817. The summed E-state index contributed by atoms with van der Waals surface area (Å²) in [5.74, 6) is -1.63. The number of benzene rings is 2. The SMILES string of the molecule is CCNC(c1ccc(C)cc1)c1ccc(F)c(F)c1. The molecule has 100 valence electrons. The fraction of sp³-hybridized carbons (Fsp3) is 0.250. The number of halogens is 2. The van der Waals surface area contributed by atoms with E-state index in [-0.39, 0.29) is 6.04 Å². The van der Waals surface area contributed by atoms with Crippen LogP contribution in [0.3, 0.4) is 0 Å². The van der Waals surface area contributed by atoms with E-state index < -0.39 is 11.6 Å². The van der Waals surface area contributed by atoms with E-state index in [1.54, 1.807) is 6.07 Å². The second-order valence-corrected chi connectivity index (χ2v) is 4.57. The first kappa shape index (κ1) is 13.7. The summed E-state index contributed by atoms with van der Waals surface area (Å²) in [6, 6.07) is 11.9. The molecule has 0 spiro atoms. The molecule has 0 bridgehead atoms. The molecule has 0 heterocycles. The van der Waals surface area contributed by atoms with E-state index in [1.807, 2.05) is 38.1 Å². The predicted octanol–water partition coefficient (Wildman–Crippen LogP) is 3.97. The van der Waals surface area contributed by atoms with Crippen molar-refractivity contribution in [3.05, 3.63) is 70.8 Å². The Labute approximate surface area is 112 Å². The fourth-order valence-electron chi connectivity index (χ4n) is 2.08. The fourth-order valence-corrected chi connectivity index (χ4v) is 2.08. The van der Waals surface area contributed by atoms with Crippen LogP contribution >= 0.6 is 0 Å². The van der Waals surface area contributed by atoms with Crippen LogP contribution in [0, 0.1) is 18.6 Å². The van der Waals surface area contributed by atoms with E-state index in [2.05, 4.69) is 5.32 Å². The molecule has 0 aromatic heterocycles. The van der Waals surface area contributed by atoms with Crippen molar-refractivity contribution in [1.82, 2.24) is 5.32 Å². The highest BCUT2D eigenvalue weighted by atomic mass is 19.2. The van der Waals surface area contributed by atoms with E-state index in [1.165, 1.54) is 17.7 Å². The Kier molecular flexibility index (Phi) is 4.27. The van der Waals surface area contributed by atoms with Gasteiger partial charge >= 0.3 is 0 Å². The van der Waals surface area contributed by atoms with Gasteiger partial charge in [-0.25, -0.2) is 8.78 Å². The number of hydrogen-bond donors (Lipinski definition) is 1. The first-order valence-corrected chi connectivity index (χ1v) is 6.36. The van der Waals surface area contributed by atoms with E-state index in [0.29, 0.717) is 0 Å². The summed E-state index contributed by atoms with van der Waals surface area (Å²) in [6.45, 7) is 4.75. The van der Waals surface area contributed by atoms with E-state index in [9.17, 15) is 8.78 Å². The molecule has 0 saturated heterocycles. The molecule has 1 N–H and O–H groups in total. The maximum absolute atomic E-state index is 13.4. The average molecular weight is 261 g/mol. The van der Waals surface area contributed by atoms with Gasteiger partial charge in [-0.15, -0.1) is 0 Å². The third-order valence-electron chi connectivity index (χ3n) is 3.10. The van der Waals surface area contributed by atoms with Gasteiger partial charge in [0.2, 0.25) is 0 Å². The molecular weight excluding hydrogens is 244 g/mol. The smallest absolute Gasteiger partial charge is 0.159 e. The molecule has 2 rings (SSSR count). The maximum atomic E-state index is 13.4. The molecule has 0 aliphatic carbocycles. The zero-order chi connectivity index (χ0) is 13.8. The van der Waals surface area contributed by atoms with Crippen molar-refractivity contribution in [2.45, 2.75) is 19.9 Å². The lowest BCUT2D eigenvalue weighted by atomic mass is 9.97. The van der Waals surface area contributed by atoms with Crippen LogP contribution in [0.15, 0.2) is 42.5 Å². The molecule has 19 heavy (non-hydrogen) atoms. The van der Waals surface area contributed by atoms with Crippen LogP contribution in [0.5, 0.6) is 0 Å². The van der Waals surface area contributed by atoms with Gasteiger partial charge in [-0.1, -0.05) is 42.8 Å². The average Bonchev–Trinajstić information content (AvgIpc) is 2.41. The first-order valence-electron chi connectivity index (χ1n) is 6.36. The largest absolute Gasteiger partial charge is 0.307 e. The Balaban J connectivity index is 2.38. The standard InChI is InChI=1S/C16H17F2N/c1-3-19-16(12-6-4-11(2)5-7-12)13-8-9-14(17)15(18)10-13/h4-10,16,19H,3H2,1-2H3. The molecule has 0 aliphatic heterocycles. The van der Waals surface area contributed by atoms with Gasteiger partial charge in [-0.05, 0) is 36.7 Å². The third-order valence-corrected chi connectivity index (χ3v) is 3.10. The predicted molar refractivity (Wildman–Crippen MR) is 73.1 cm³/mol. The maximum Gasteiger partial charge on any atom is 0.159 e. The third kappa shape index (κ3) is 3.18. The highest BCUT2D eigenvalue weighted by molar-refractivity contribution is 5.33. The van der Waals surface area contributed by atoms with Gasteiger partial charge < -0.3 is 5.32 Å². The van der Waals surface area contributed by atoms with Crippen LogP contribution in [-0.4, -0.2) is 6.54 Å². The summed E-state index contributed by atoms with van der Waals surface area (Å²) in [5.41, 5.74) is 2.94. The summed E-state index contributed by atoms with van der Waals surface area (Å²) < 4.78 is 26.4. The van der Waals surface area contributed by atoms with Crippen molar-refractivity contribution >= 4 is 0 Å². The highest BCUT2D eigenvalue weighted by Gasteiger charge is 2.14. The summed E-state index contributed by atoms with van der Waals surface area (Å²) in [5, 5.41) is 3.29. The molecule has 0 saturated carbocycles. The van der Waals surface area contributed by atoms with Gasteiger partial charge in [0.25, 0.3) is 0 Å². The number of rotatable bonds is 4. The summed E-state index contributed by atoms with van der Waals surface area (Å²) in [7, 11) is 0. The zero-order valence-electron chi connectivity index (χ0n) is 11.1. The Morgan fingerprint density at radius 2 is 1.58 bits per heavy atom. The van der Waals surface area contributed by atoms with Gasteiger partial charge in [0, 0.05) is 0 Å². The molecular formula is C16H17F2N.